The summed E-state index contributed by atoms with van der Waals surface area (Å²) in [6, 6.07) is 2.23. The Hall–Kier alpha value is -1.57. The van der Waals surface area contributed by atoms with Crippen LogP contribution in [0.5, 0.6) is 0 Å². The number of nitrogens with zero attached hydrogens (tertiary/aromatic N) is 1. The van der Waals surface area contributed by atoms with Gasteiger partial charge in [-0.05, 0) is 26.7 Å². The Labute approximate surface area is 114 Å². The Morgan fingerprint density at radius 1 is 1.21 bits per heavy atom. The number of carbonyl (C=O) groups excluding carboxylic acids is 2. The van der Waals surface area contributed by atoms with E-state index in [0.29, 0.717) is 12.8 Å². The minimum Gasteiger partial charge on any atom is -0.352 e. The van der Waals surface area contributed by atoms with Crippen LogP contribution in [0.2, 0.25) is 0 Å². The molecule has 5 heteroatoms. The summed E-state index contributed by atoms with van der Waals surface area (Å²) in [5.41, 5.74) is -0.936. The zero-order valence-corrected chi connectivity index (χ0v) is 11.8. The highest BCUT2D eigenvalue weighted by Gasteiger charge is 2.38. The third kappa shape index (κ3) is 4.55. The van der Waals surface area contributed by atoms with E-state index < -0.39 is 5.41 Å². The molecular weight excluding hydrogens is 242 g/mol. The van der Waals surface area contributed by atoms with E-state index in [4.69, 9.17) is 0 Å². The monoisotopic (exact) mass is 265 g/mol. The Balaban J connectivity index is 2.54. The molecule has 0 aromatic heterocycles. The molecule has 1 aliphatic rings. The number of nitriles is 1. The quantitative estimate of drug-likeness (QED) is 0.756. The molecule has 0 radical (unpaired) electrons. The highest BCUT2D eigenvalue weighted by atomic mass is 16.2. The smallest absolute Gasteiger partial charge is 0.240 e. The molecule has 1 aliphatic carbocycles. The highest BCUT2D eigenvalue weighted by molar-refractivity contribution is 5.89. The summed E-state index contributed by atoms with van der Waals surface area (Å²) in [4.78, 5) is 23.7. The molecule has 106 valence electrons. The van der Waals surface area contributed by atoms with Gasteiger partial charge in [0.25, 0.3) is 0 Å². The van der Waals surface area contributed by atoms with Gasteiger partial charge in [-0.2, -0.15) is 5.26 Å². The molecule has 1 saturated carbocycles. The van der Waals surface area contributed by atoms with Gasteiger partial charge in [0.1, 0.15) is 5.41 Å². The van der Waals surface area contributed by atoms with Gasteiger partial charge in [-0.15, -0.1) is 0 Å². The first-order valence-electron chi connectivity index (χ1n) is 6.99. The maximum absolute atomic E-state index is 12.2. The van der Waals surface area contributed by atoms with Crippen LogP contribution in [-0.2, 0) is 9.59 Å². The summed E-state index contributed by atoms with van der Waals surface area (Å²) in [7, 11) is 0. The topological polar surface area (TPSA) is 82.0 Å². The number of nitrogens with one attached hydrogen (secondary N) is 2. The van der Waals surface area contributed by atoms with E-state index in [2.05, 4.69) is 16.7 Å². The first-order chi connectivity index (χ1) is 9.00. The van der Waals surface area contributed by atoms with Crippen LogP contribution in [0.15, 0.2) is 0 Å². The van der Waals surface area contributed by atoms with Gasteiger partial charge in [-0.3, -0.25) is 9.59 Å². The van der Waals surface area contributed by atoms with E-state index in [9.17, 15) is 14.9 Å². The van der Waals surface area contributed by atoms with Gasteiger partial charge < -0.3 is 10.6 Å². The number of rotatable bonds is 4. The lowest BCUT2D eigenvalue weighted by atomic mass is 9.81. The zero-order chi connectivity index (χ0) is 14.3. The summed E-state index contributed by atoms with van der Waals surface area (Å²) in [5.74, 6) is -0.513. The van der Waals surface area contributed by atoms with Gasteiger partial charge in [0.2, 0.25) is 11.8 Å². The average Bonchev–Trinajstić information content (AvgIpc) is 2.61. The Morgan fingerprint density at radius 3 is 2.26 bits per heavy atom. The number of carbonyl (C=O) groups is 2. The molecule has 1 fully saturated rings. The molecular formula is C14H23N3O2. The first-order valence-corrected chi connectivity index (χ1v) is 6.99. The van der Waals surface area contributed by atoms with Crippen molar-refractivity contribution in [1.29, 1.82) is 5.26 Å². The van der Waals surface area contributed by atoms with Crippen molar-refractivity contribution in [2.45, 2.75) is 58.4 Å². The lowest BCUT2D eigenvalue weighted by Gasteiger charge is -2.23. The molecule has 0 aromatic rings. The number of amides is 2. The van der Waals surface area contributed by atoms with Crippen LogP contribution < -0.4 is 10.6 Å². The molecule has 0 unspecified atom stereocenters. The Bertz CT molecular complexity index is 363. The van der Waals surface area contributed by atoms with Gasteiger partial charge in [-0.25, -0.2) is 0 Å². The SMILES string of the molecule is CC(C)NC(=O)CNC(=O)C1(C#N)CCCCCC1. The zero-order valence-electron chi connectivity index (χ0n) is 11.8. The van der Waals surface area contributed by atoms with Crippen LogP contribution >= 0.6 is 0 Å². The predicted octanol–water partition coefficient (Wildman–Crippen LogP) is 1.49. The lowest BCUT2D eigenvalue weighted by Crippen LogP contribution is -2.45. The van der Waals surface area contributed by atoms with E-state index in [1.807, 2.05) is 13.8 Å². The molecule has 0 atom stereocenters. The maximum atomic E-state index is 12.2. The van der Waals surface area contributed by atoms with Crippen LogP contribution in [0.4, 0.5) is 0 Å². The largest absolute Gasteiger partial charge is 0.352 e. The number of hydrogen-bond acceptors (Lipinski definition) is 3. The molecule has 2 amide bonds. The van der Waals surface area contributed by atoms with Crippen molar-refractivity contribution in [1.82, 2.24) is 10.6 Å². The van der Waals surface area contributed by atoms with Crippen molar-refractivity contribution in [2.75, 3.05) is 6.54 Å². The first kappa shape index (κ1) is 15.5. The van der Waals surface area contributed by atoms with Gasteiger partial charge >= 0.3 is 0 Å². The van der Waals surface area contributed by atoms with Crippen LogP contribution in [-0.4, -0.2) is 24.4 Å². The molecule has 2 N–H and O–H groups in total. The van der Waals surface area contributed by atoms with Gasteiger partial charge in [-0.1, -0.05) is 25.7 Å². The minimum absolute atomic E-state index is 0.0483. The molecule has 0 aromatic carbocycles. The van der Waals surface area contributed by atoms with Crippen molar-refractivity contribution in [2.24, 2.45) is 5.41 Å². The van der Waals surface area contributed by atoms with Crippen LogP contribution in [0.3, 0.4) is 0 Å². The van der Waals surface area contributed by atoms with Gasteiger partial charge in [0.15, 0.2) is 0 Å². The van der Waals surface area contributed by atoms with Crippen molar-refractivity contribution < 1.29 is 9.59 Å². The van der Waals surface area contributed by atoms with Crippen molar-refractivity contribution in [3.63, 3.8) is 0 Å². The molecule has 0 spiro atoms. The fraction of sp³-hybridized carbons (Fsp3) is 0.786. The average molecular weight is 265 g/mol. The van der Waals surface area contributed by atoms with Crippen molar-refractivity contribution >= 4 is 11.8 Å². The summed E-state index contributed by atoms with van der Waals surface area (Å²) < 4.78 is 0. The molecule has 0 bridgehead atoms. The normalized spacial score (nSPS) is 18.2. The summed E-state index contributed by atoms with van der Waals surface area (Å²) in [6.07, 6.45) is 5.15. The summed E-state index contributed by atoms with van der Waals surface area (Å²) in [5, 5.41) is 14.6. The van der Waals surface area contributed by atoms with E-state index >= 15 is 0 Å². The molecule has 0 heterocycles. The molecule has 5 nitrogen and oxygen atoms in total. The second kappa shape index (κ2) is 7.13. The molecule has 19 heavy (non-hydrogen) atoms. The van der Waals surface area contributed by atoms with E-state index in [1.54, 1.807) is 0 Å². The van der Waals surface area contributed by atoms with E-state index in [-0.39, 0.29) is 24.4 Å². The standard InChI is InChI=1S/C14H23N3O2/c1-11(2)17-12(18)9-16-13(19)14(10-15)7-5-3-4-6-8-14/h11H,3-9H2,1-2H3,(H,16,19)(H,17,18). The predicted molar refractivity (Wildman–Crippen MR) is 72.0 cm³/mol. The fourth-order valence-corrected chi connectivity index (χ4v) is 2.42. The third-order valence-electron chi connectivity index (χ3n) is 3.46. The number of hydrogen-bond donors (Lipinski definition) is 2. The molecule has 0 aliphatic heterocycles. The lowest BCUT2D eigenvalue weighted by molar-refractivity contribution is -0.131. The Kier molecular flexibility index (Phi) is 5.81. The minimum atomic E-state index is -0.936. The molecule has 0 saturated heterocycles. The Morgan fingerprint density at radius 2 is 1.79 bits per heavy atom. The highest BCUT2D eigenvalue weighted by Crippen LogP contribution is 2.34. The second-order valence-corrected chi connectivity index (χ2v) is 5.51. The second-order valence-electron chi connectivity index (χ2n) is 5.51. The van der Waals surface area contributed by atoms with Gasteiger partial charge in [0, 0.05) is 6.04 Å². The summed E-state index contributed by atoms with van der Waals surface area (Å²) in [6.45, 7) is 3.67. The third-order valence-corrected chi connectivity index (χ3v) is 3.46. The van der Waals surface area contributed by atoms with Crippen LogP contribution in [0.1, 0.15) is 52.4 Å². The van der Waals surface area contributed by atoms with E-state index in [0.717, 1.165) is 25.7 Å². The summed E-state index contributed by atoms with van der Waals surface area (Å²) >= 11 is 0. The van der Waals surface area contributed by atoms with Crippen LogP contribution in [0, 0.1) is 16.7 Å². The van der Waals surface area contributed by atoms with Gasteiger partial charge in [0.05, 0.1) is 12.6 Å². The van der Waals surface area contributed by atoms with Crippen molar-refractivity contribution in [3.8, 4) is 6.07 Å². The maximum Gasteiger partial charge on any atom is 0.240 e. The fourth-order valence-electron chi connectivity index (χ4n) is 2.42. The van der Waals surface area contributed by atoms with Crippen molar-refractivity contribution in [3.05, 3.63) is 0 Å². The van der Waals surface area contributed by atoms with Crippen LogP contribution in [0.25, 0.3) is 0 Å². The molecule has 1 rings (SSSR count). The van der Waals surface area contributed by atoms with E-state index in [1.165, 1.54) is 0 Å².